The molecule has 0 radical (unpaired) electrons. The molecule has 0 saturated carbocycles. The fraction of sp³-hybridized carbons (Fsp3) is 0.200. The third-order valence-electron chi connectivity index (χ3n) is 2.95. The third kappa shape index (κ3) is 4.22. The normalized spacial score (nSPS) is 11.4. The fourth-order valence-corrected chi connectivity index (χ4v) is 3.62. The zero-order valence-electron chi connectivity index (χ0n) is 11.4. The molecule has 0 unspecified atom stereocenters. The van der Waals surface area contributed by atoms with E-state index in [4.69, 9.17) is 11.6 Å². The molecular weight excluding hydrogens is 374 g/mol. The first-order chi connectivity index (χ1) is 9.92. The molecule has 0 aliphatic rings. The molecule has 0 fully saturated rings. The Morgan fingerprint density at radius 2 is 1.81 bits per heavy atom. The summed E-state index contributed by atoms with van der Waals surface area (Å²) < 4.78 is 27.7. The van der Waals surface area contributed by atoms with Crippen LogP contribution in [-0.2, 0) is 16.4 Å². The molecule has 0 aromatic heterocycles. The molecule has 0 saturated heterocycles. The van der Waals surface area contributed by atoms with Gasteiger partial charge in [0.05, 0.1) is 9.92 Å². The lowest BCUT2D eigenvalue weighted by Crippen LogP contribution is -2.12. The number of sulfonamides is 1. The third-order valence-corrected chi connectivity index (χ3v) is 5.54. The Bertz CT molecular complexity index is 730. The maximum atomic E-state index is 12.3. The zero-order chi connectivity index (χ0) is 15.5. The van der Waals surface area contributed by atoms with Gasteiger partial charge in [-0.05, 0) is 58.2 Å². The lowest BCUT2D eigenvalue weighted by Gasteiger charge is -2.09. The lowest BCUT2D eigenvalue weighted by atomic mass is 10.1. The van der Waals surface area contributed by atoms with Crippen LogP contribution in [0.3, 0.4) is 0 Å². The van der Waals surface area contributed by atoms with Crippen LogP contribution in [-0.4, -0.2) is 8.42 Å². The molecule has 2 aromatic carbocycles. The maximum Gasteiger partial charge on any atom is 0.261 e. The number of hydrogen-bond donors (Lipinski definition) is 1. The minimum Gasteiger partial charge on any atom is -0.280 e. The molecule has 0 aliphatic carbocycles. The standard InChI is InChI=1S/C15H15BrClNO2S/c1-2-3-11-4-6-12(7-5-11)18-21(19,20)13-8-9-15(17)14(16)10-13/h4-10,18H,2-3H2,1H3. The van der Waals surface area contributed by atoms with Crippen LogP contribution in [0.1, 0.15) is 18.9 Å². The molecule has 0 atom stereocenters. The highest BCUT2D eigenvalue weighted by Gasteiger charge is 2.15. The summed E-state index contributed by atoms with van der Waals surface area (Å²) in [6.07, 6.45) is 2.04. The van der Waals surface area contributed by atoms with E-state index in [1.807, 2.05) is 12.1 Å². The number of hydrogen-bond acceptors (Lipinski definition) is 2. The molecule has 0 bridgehead atoms. The van der Waals surface area contributed by atoms with Gasteiger partial charge in [0.1, 0.15) is 0 Å². The molecule has 2 rings (SSSR count). The summed E-state index contributed by atoms with van der Waals surface area (Å²) in [4.78, 5) is 0.163. The summed E-state index contributed by atoms with van der Waals surface area (Å²) in [5.74, 6) is 0. The summed E-state index contributed by atoms with van der Waals surface area (Å²) in [6, 6.07) is 11.9. The highest BCUT2D eigenvalue weighted by molar-refractivity contribution is 9.10. The van der Waals surface area contributed by atoms with Crippen molar-refractivity contribution >= 4 is 43.2 Å². The van der Waals surface area contributed by atoms with Crippen LogP contribution in [0.25, 0.3) is 0 Å². The second-order valence-electron chi connectivity index (χ2n) is 4.63. The Labute approximate surface area is 138 Å². The Morgan fingerprint density at radius 3 is 2.38 bits per heavy atom. The molecule has 0 heterocycles. The smallest absolute Gasteiger partial charge is 0.261 e. The molecule has 0 amide bonds. The predicted molar refractivity (Wildman–Crippen MR) is 90.4 cm³/mol. The number of halogens is 2. The van der Waals surface area contributed by atoms with E-state index >= 15 is 0 Å². The van der Waals surface area contributed by atoms with Crippen LogP contribution in [0.15, 0.2) is 51.8 Å². The van der Waals surface area contributed by atoms with Gasteiger partial charge >= 0.3 is 0 Å². The first kappa shape index (κ1) is 16.3. The molecule has 21 heavy (non-hydrogen) atoms. The van der Waals surface area contributed by atoms with E-state index in [2.05, 4.69) is 27.6 Å². The summed E-state index contributed by atoms with van der Waals surface area (Å²) in [7, 11) is -3.62. The average molecular weight is 389 g/mol. The van der Waals surface area contributed by atoms with Crippen molar-refractivity contribution in [2.75, 3.05) is 4.72 Å². The Morgan fingerprint density at radius 1 is 1.14 bits per heavy atom. The van der Waals surface area contributed by atoms with Crippen molar-refractivity contribution in [1.29, 1.82) is 0 Å². The molecule has 6 heteroatoms. The minimum absolute atomic E-state index is 0.163. The van der Waals surface area contributed by atoms with Gasteiger partial charge < -0.3 is 0 Å². The Hall–Kier alpha value is -1.04. The SMILES string of the molecule is CCCc1ccc(NS(=O)(=O)c2ccc(Cl)c(Br)c2)cc1. The van der Waals surface area contributed by atoms with Crippen molar-refractivity contribution in [3.05, 3.63) is 57.5 Å². The van der Waals surface area contributed by atoms with Gasteiger partial charge in [-0.15, -0.1) is 0 Å². The highest BCUT2D eigenvalue weighted by Crippen LogP contribution is 2.26. The molecule has 0 spiro atoms. The van der Waals surface area contributed by atoms with Crippen LogP contribution in [0, 0.1) is 0 Å². The van der Waals surface area contributed by atoms with Gasteiger partial charge in [0.25, 0.3) is 10.0 Å². The summed E-state index contributed by atoms with van der Waals surface area (Å²) in [6.45, 7) is 2.11. The van der Waals surface area contributed by atoms with E-state index in [9.17, 15) is 8.42 Å². The summed E-state index contributed by atoms with van der Waals surface area (Å²) in [5, 5.41) is 0.470. The Kier molecular flexibility index (Phi) is 5.30. The van der Waals surface area contributed by atoms with Crippen LogP contribution in [0.4, 0.5) is 5.69 Å². The highest BCUT2D eigenvalue weighted by atomic mass is 79.9. The van der Waals surface area contributed by atoms with E-state index in [1.54, 1.807) is 18.2 Å². The number of nitrogens with one attached hydrogen (secondary N) is 1. The lowest BCUT2D eigenvalue weighted by molar-refractivity contribution is 0.601. The van der Waals surface area contributed by atoms with Crippen LogP contribution in [0.2, 0.25) is 5.02 Å². The predicted octanol–water partition coefficient (Wildman–Crippen LogP) is 4.86. The zero-order valence-corrected chi connectivity index (χ0v) is 14.6. The maximum absolute atomic E-state index is 12.3. The summed E-state index contributed by atoms with van der Waals surface area (Å²) in [5.41, 5.74) is 1.73. The van der Waals surface area contributed by atoms with Crippen LogP contribution >= 0.6 is 27.5 Å². The molecule has 112 valence electrons. The topological polar surface area (TPSA) is 46.2 Å². The molecule has 3 nitrogen and oxygen atoms in total. The second-order valence-corrected chi connectivity index (χ2v) is 7.57. The van der Waals surface area contributed by atoms with Gasteiger partial charge in [-0.3, -0.25) is 4.72 Å². The number of benzene rings is 2. The molecule has 1 N–H and O–H groups in total. The van der Waals surface area contributed by atoms with Gasteiger partial charge in [0.2, 0.25) is 0 Å². The van der Waals surface area contributed by atoms with Crippen molar-refractivity contribution in [2.24, 2.45) is 0 Å². The van der Waals surface area contributed by atoms with Crippen LogP contribution < -0.4 is 4.72 Å². The number of anilines is 1. The minimum atomic E-state index is -3.62. The van der Waals surface area contributed by atoms with Crippen molar-refractivity contribution in [1.82, 2.24) is 0 Å². The van der Waals surface area contributed by atoms with Crippen molar-refractivity contribution in [3.63, 3.8) is 0 Å². The van der Waals surface area contributed by atoms with E-state index in [0.29, 0.717) is 15.2 Å². The monoisotopic (exact) mass is 387 g/mol. The van der Waals surface area contributed by atoms with Crippen molar-refractivity contribution in [2.45, 2.75) is 24.7 Å². The first-order valence-corrected chi connectivity index (χ1v) is 9.14. The van der Waals surface area contributed by atoms with E-state index in [1.165, 1.54) is 17.7 Å². The van der Waals surface area contributed by atoms with Crippen LogP contribution in [0.5, 0.6) is 0 Å². The van der Waals surface area contributed by atoms with Crippen molar-refractivity contribution in [3.8, 4) is 0 Å². The first-order valence-electron chi connectivity index (χ1n) is 6.49. The fourth-order valence-electron chi connectivity index (χ4n) is 1.89. The van der Waals surface area contributed by atoms with Gasteiger partial charge in [0, 0.05) is 10.2 Å². The summed E-state index contributed by atoms with van der Waals surface area (Å²) >= 11 is 9.10. The quantitative estimate of drug-likeness (QED) is 0.795. The van der Waals surface area contributed by atoms with Crippen molar-refractivity contribution < 1.29 is 8.42 Å². The van der Waals surface area contributed by atoms with Gasteiger partial charge in [-0.2, -0.15) is 0 Å². The van der Waals surface area contributed by atoms with E-state index in [0.717, 1.165) is 12.8 Å². The molecule has 2 aromatic rings. The number of aryl methyl sites for hydroxylation is 1. The number of rotatable bonds is 5. The van der Waals surface area contributed by atoms with Gasteiger partial charge in [-0.25, -0.2) is 8.42 Å². The largest absolute Gasteiger partial charge is 0.280 e. The Balaban J connectivity index is 2.22. The van der Waals surface area contributed by atoms with E-state index in [-0.39, 0.29) is 4.90 Å². The second kappa shape index (κ2) is 6.81. The molecule has 0 aliphatic heterocycles. The van der Waals surface area contributed by atoms with Gasteiger partial charge in [0.15, 0.2) is 0 Å². The van der Waals surface area contributed by atoms with Gasteiger partial charge in [-0.1, -0.05) is 37.1 Å². The van der Waals surface area contributed by atoms with E-state index < -0.39 is 10.0 Å². The molecular formula is C15H15BrClNO2S. The average Bonchev–Trinajstić information content (AvgIpc) is 2.44.